The standard InChI is InChI=1S/C12H22N2O3/c1-5-6-7-14-8-9(13-11(14)16)10(15)17-12(2,3)4/h9H,5-8H2,1-4H3,(H,13,16)/t9-/m0/s1. The molecule has 0 aromatic carbocycles. The molecule has 1 fully saturated rings. The molecule has 1 atom stereocenters. The molecule has 5 heteroatoms. The van der Waals surface area contributed by atoms with Crippen molar-refractivity contribution in [2.24, 2.45) is 0 Å². The molecule has 0 saturated carbocycles. The van der Waals surface area contributed by atoms with Crippen molar-refractivity contribution in [1.29, 1.82) is 0 Å². The second-order valence-electron chi connectivity index (χ2n) is 5.34. The van der Waals surface area contributed by atoms with Crippen molar-refractivity contribution in [3.8, 4) is 0 Å². The van der Waals surface area contributed by atoms with Crippen LogP contribution in [0.5, 0.6) is 0 Å². The third-order valence-corrected chi connectivity index (χ3v) is 2.46. The summed E-state index contributed by atoms with van der Waals surface area (Å²) < 4.78 is 5.24. The maximum absolute atomic E-state index is 11.8. The van der Waals surface area contributed by atoms with Crippen molar-refractivity contribution in [2.75, 3.05) is 13.1 Å². The summed E-state index contributed by atoms with van der Waals surface area (Å²) in [5.41, 5.74) is -0.515. The van der Waals surface area contributed by atoms with Gasteiger partial charge >= 0.3 is 12.0 Å². The van der Waals surface area contributed by atoms with E-state index in [4.69, 9.17) is 4.74 Å². The molecular formula is C12H22N2O3. The smallest absolute Gasteiger partial charge is 0.331 e. The van der Waals surface area contributed by atoms with E-state index in [0.29, 0.717) is 13.1 Å². The summed E-state index contributed by atoms with van der Waals surface area (Å²) >= 11 is 0. The van der Waals surface area contributed by atoms with Gasteiger partial charge in [0.05, 0.1) is 6.54 Å². The molecule has 1 rings (SSSR count). The van der Waals surface area contributed by atoms with Crippen molar-refractivity contribution in [3.05, 3.63) is 0 Å². The summed E-state index contributed by atoms with van der Waals surface area (Å²) in [4.78, 5) is 25.0. The Morgan fingerprint density at radius 2 is 2.18 bits per heavy atom. The summed E-state index contributed by atoms with van der Waals surface area (Å²) in [6.45, 7) is 8.62. The van der Waals surface area contributed by atoms with Gasteiger partial charge in [0.15, 0.2) is 0 Å². The van der Waals surface area contributed by atoms with Gasteiger partial charge in [-0.3, -0.25) is 0 Å². The molecule has 0 bridgehead atoms. The molecule has 2 amide bonds. The predicted molar refractivity (Wildman–Crippen MR) is 64.6 cm³/mol. The summed E-state index contributed by atoms with van der Waals surface area (Å²) in [5.74, 6) is -0.357. The number of nitrogens with one attached hydrogen (secondary N) is 1. The van der Waals surface area contributed by atoms with Crippen LogP contribution in [-0.2, 0) is 9.53 Å². The Hall–Kier alpha value is -1.26. The van der Waals surface area contributed by atoms with E-state index >= 15 is 0 Å². The van der Waals surface area contributed by atoms with Crippen LogP contribution in [0.25, 0.3) is 0 Å². The molecule has 1 heterocycles. The zero-order valence-electron chi connectivity index (χ0n) is 11.1. The van der Waals surface area contributed by atoms with Crippen LogP contribution in [0.15, 0.2) is 0 Å². The van der Waals surface area contributed by atoms with E-state index in [0.717, 1.165) is 12.8 Å². The van der Waals surface area contributed by atoms with E-state index in [-0.39, 0.29) is 12.0 Å². The fourth-order valence-electron chi connectivity index (χ4n) is 1.64. The lowest BCUT2D eigenvalue weighted by Gasteiger charge is -2.21. The second-order valence-corrected chi connectivity index (χ2v) is 5.34. The van der Waals surface area contributed by atoms with E-state index in [1.807, 2.05) is 20.8 Å². The number of unbranched alkanes of at least 4 members (excludes halogenated alkanes) is 1. The van der Waals surface area contributed by atoms with Gasteiger partial charge in [-0.25, -0.2) is 9.59 Å². The average Bonchev–Trinajstić information content (AvgIpc) is 2.54. The Morgan fingerprint density at radius 1 is 1.53 bits per heavy atom. The third kappa shape index (κ3) is 4.24. The molecule has 17 heavy (non-hydrogen) atoms. The molecular weight excluding hydrogens is 220 g/mol. The summed E-state index contributed by atoms with van der Waals surface area (Å²) in [7, 11) is 0. The number of esters is 1. The molecule has 1 N–H and O–H groups in total. The highest BCUT2D eigenvalue weighted by atomic mass is 16.6. The van der Waals surface area contributed by atoms with Crippen LogP contribution in [0, 0.1) is 0 Å². The van der Waals surface area contributed by atoms with Gasteiger partial charge < -0.3 is 15.0 Å². The predicted octanol–water partition coefficient (Wildman–Crippen LogP) is 1.52. The number of amides is 2. The first kappa shape index (κ1) is 13.8. The van der Waals surface area contributed by atoms with Crippen LogP contribution in [0.2, 0.25) is 0 Å². The molecule has 1 aliphatic heterocycles. The lowest BCUT2D eigenvalue weighted by Crippen LogP contribution is -2.39. The van der Waals surface area contributed by atoms with Crippen molar-refractivity contribution in [3.63, 3.8) is 0 Å². The number of nitrogens with zero attached hydrogens (tertiary/aromatic N) is 1. The van der Waals surface area contributed by atoms with Crippen molar-refractivity contribution < 1.29 is 14.3 Å². The molecule has 0 aromatic rings. The first-order chi connectivity index (χ1) is 7.83. The topological polar surface area (TPSA) is 58.6 Å². The fraction of sp³-hybridized carbons (Fsp3) is 0.833. The Balaban J connectivity index is 2.48. The summed E-state index contributed by atoms with van der Waals surface area (Å²) in [6, 6.07) is -0.701. The van der Waals surface area contributed by atoms with Crippen molar-refractivity contribution >= 4 is 12.0 Å². The van der Waals surface area contributed by atoms with E-state index in [1.54, 1.807) is 4.90 Å². The summed E-state index contributed by atoms with van der Waals surface area (Å²) in [5, 5.41) is 2.65. The van der Waals surface area contributed by atoms with Gasteiger partial charge in [-0.05, 0) is 27.2 Å². The number of rotatable bonds is 4. The van der Waals surface area contributed by atoms with E-state index < -0.39 is 11.6 Å². The van der Waals surface area contributed by atoms with Crippen LogP contribution < -0.4 is 5.32 Å². The largest absolute Gasteiger partial charge is 0.458 e. The monoisotopic (exact) mass is 242 g/mol. The Kier molecular flexibility index (Phi) is 4.37. The Morgan fingerprint density at radius 3 is 2.71 bits per heavy atom. The fourth-order valence-corrected chi connectivity index (χ4v) is 1.64. The van der Waals surface area contributed by atoms with Crippen LogP contribution in [0.1, 0.15) is 40.5 Å². The highest BCUT2D eigenvalue weighted by Crippen LogP contribution is 2.12. The van der Waals surface area contributed by atoms with Gasteiger partial charge in [-0.2, -0.15) is 0 Å². The minimum atomic E-state index is -0.529. The summed E-state index contributed by atoms with van der Waals surface area (Å²) in [6.07, 6.45) is 1.98. The number of urea groups is 1. The lowest BCUT2D eigenvalue weighted by atomic mass is 10.2. The number of hydrogen-bond acceptors (Lipinski definition) is 3. The Bertz CT molecular complexity index is 297. The zero-order chi connectivity index (χ0) is 13.1. The quantitative estimate of drug-likeness (QED) is 0.760. The number of hydrogen-bond donors (Lipinski definition) is 1. The molecule has 5 nitrogen and oxygen atoms in total. The molecule has 98 valence electrons. The number of carbonyl (C=O) groups excluding carboxylic acids is 2. The molecule has 0 aromatic heterocycles. The second kappa shape index (κ2) is 5.38. The Labute approximate surface area is 102 Å². The highest BCUT2D eigenvalue weighted by Gasteiger charge is 2.35. The van der Waals surface area contributed by atoms with E-state index in [1.165, 1.54) is 0 Å². The number of ether oxygens (including phenoxy) is 1. The highest BCUT2D eigenvalue weighted by molar-refractivity contribution is 5.87. The van der Waals surface area contributed by atoms with Crippen molar-refractivity contribution in [1.82, 2.24) is 10.2 Å². The van der Waals surface area contributed by atoms with Gasteiger partial charge in [-0.15, -0.1) is 0 Å². The van der Waals surface area contributed by atoms with Gasteiger partial charge in [0, 0.05) is 6.54 Å². The molecule has 0 radical (unpaired) electrons. The minimum Gasteiger partial charge on any atom is -0.458 e. The molecule has 0 aliphatic carbocycles. The van der Waals surface area contributed by atoms with Gasteiger partial charge in [0.2, 0.25) is 0 Å². The van der Waals surface area contributed by atoms with E-state index in [2.05, 4.69) is 12.2 Å². The van der Waals surface area contributed by atoms with Crippen molar-refractivity contribution in [2.45, 2.75) is 52.2 Å². The molecule has 1 saturated heterocycles. The first-order valence-corrected chi connectivity index (χ1v) is 6.12. The first-order valence-electron chi connectivity index (χ1n) is 6.12. The van der Waals surface area contributed by atoms with Crippen LogP contribution in [0.3, 0.4) is 0 Å². The minimum absolute atomic E-state index is 0.172. The molecule has 0 unspecified atom stereocenters. The van der Waals surface area contributed by atoms with Crippen LogP contribution in [-0.4, -0.2) is 41.6 Å². The van der Waals surface area contributed by atoms with E-state index in [9.17, 15) is 9.59 Å². The normalized spacial score (nSPS) is 20.4. The van der Waals surface area contributed by atoms with Gasteiger partial charge in [0.25, 0.3) is 0 Å². The maximum Gasteiger partial charge on any atom is 0.331 e. The molecule has 1 aliphatic rings. The lowest BCUT2D eigenvalue weighted by molar-refractivity contribution is -0.156. The average molecular weight is 242 g/mol. The third-order valence-electron chi connectivity index (χ3n) is 2.46. The van der Waals surface area contributed by atoms with Gasteiger partial charge in [0.1, 0.15) is 11.6 Å². The van der Waals surface area contributed by atoms with Crippen LogP contribution >= 0.6 is 0 Å². The maximum atomic E-state index is 11.8. The zero-order valence-corrected chi connectivity index (χ0v) is 11.1. The van der Waals surface area contributed by atoms with Crippen LogP contribution in [0.4, 0.5) is 4.79 Å². The van der Waals surface area contributed by atoms with Gasteiger partial charge in [-0.1, -0.05) is 13.3 Å². The number of carbonyl (C=O) groups is 2. The molecule has 0 spiro atoms. The SMILES string of the molecule is CCCCN1C[C@@H](C(=O)OC(C)(C)C)NC1=O.